The Labute approximate surface area is 749 Å². The molecule has 0 radical (unpaired) electrons. The van der Waals surface area contributed by atoms with Crippen LogP contribution in [0, 0.1) is 5.92 Å². The van der Waals surface area contributed by atoms with E-state index in [2.05, 4.69) is 417 Å². The molecule has 12 aromatic carbocycles. The van der Waals surface area contributed by atoms with E-state index in [-0.39, 0.29) is 0 Å². The van der Waals surface area contributed by atoms with Crippen molar-refractivity contribution in [3.63, 3.8) is 0 Å². The van der Waals surface area contributed by atoms with Crippen LogP contribution in [0.3, 0.4) is 0 Å². The second kappa shape index (κ2) is 45.2. The minimum atomic E-state index is 0.494. The van der Waals surface area contributed by atoms with Crippen LogP contribution < -0.4 is 29.7 Å². The van der Waals surface area contributed by atoms with Crippen LogP contribution in [0.2, 0.25) is 0 Å². The number of piperazine rings is 1. The van der Waals surface area contributed by atoms with Gasteiger partial charge in [0.1, 0.15) is 12.4 Å². The Bertz CT molecular complexity index is 5150. The fraction of sp³-hybridized carbons (Fsp3) is 0.333. The summed E-state index contributed by atoms with van der Waals surface area (Å²) in [7, 11) is 21.3. The van der Waals surface area contributed by atoms with Crippen molar-refractivity contribution in [2.45, 2.75) is 103 Å². The zero-order chi connectivity index (χ0) is 86.8. The summed E-state index contributed by atoms with van der Waals surface area (Å²) in [5.74, 6) is 1.60. The van der Waals surface area contributed by atoms with Gasteiger partial charge in [0.15, 0.2) is 0 Å². The van der Waals surface area contributed by atoms with Crippen LogP contribution in [-0.2, 0) is 64.4 Å². The Kier molecular flexibility index (Phi) is 32.6. The van der Waals surface area contributed by atoms with E-state index in [0.717, 1.165) is 155 Å². The molecule has 125 heavy (non-hydrogen) atoms. The molecule has 0 spiro atoms. The highest BCUT2D eigenvalue weighted by atomic mass is 16.5. The fourth-order valence-electron chi connectivity index (χ4n) is 19.2. The van der Waals surface area contributed by atoms with Crippen LogP contribution in [0.15, 0.2) is 303 Å². The smallest absolute Gasteiger partial charge is 0.127 e. The number of ether oxygens (including phenoxy) is 1. The van der Waals surface area contributed by atoms with Crippen molar-refractivity contribution < 1.29 is 4.74 Å². The molecule has 0 aromatic heterocycles. The summed E-state index contributed by atoms with van der Waals surface area (Å²) < 4.78 is 5.98. The van der Waals surface area contributed by atoms with Crippen molar-refractivity contribution in [1.29, 1.82) is 0 Å². The quantitative estimate of drug-likeness (QED) is 0.0836. The first kappa shape index (κ1) is 90.1. The van der Waals surface area contributed by atoms with Crippen molar-refractivity contribution in [3.05, 3.63) is 392 Å². The standard InChI is InChI=1S/C20H26N2.C20H23N.C19H24N2.C19H21NO.C18H20N2.C18H22N2/c1-16(14-21(2)3)15-22-19-10-6-4-8-17(19)12-13-18-9-5-7-11-20(18)22;1-21(2)15-7-12-20-18-10-5-3-8-16(18)13-14-17-9-4-6-11-19(17)20;1-20(2)14-7-15-21-18-10-5-3-8-16(18)12-13-17-9-4-6-11-19(17)21;1-20(2)13-7-11-17-16-9-4-3-8-15(16)14-21-19-12-6-5-10-18(17)19;1-19-10-11-20-17-9-5-3-7-15(17)12-14-6-2-4-8-16(14)18(20)13-19;1-19-13-6-14-20-17-9-4-2-7-15(17)11-12-16-8-3-5-10-18(16)20/h4-11,16H,12-15H2,1-3H3;3-6,8-12H,7,13-15H2,1-2H3;3-6,8-11H,7,12-15H2,1-2H3;3-6,8-12H,7,13-14H2,1-2H3;2-9,18H,10-13H2,1H3;2-5,7-10,19H,6,11-14H2,1H3/b;;;17-11-;;. The molecule has 19 rings (SSSR count). The van der Waals surface area contributed by atoms with Gasteiger partial charge in [-0.25, -0.2) is 0 Å². The summed E-state index contributed by atoms with van der Waals surface area (Å²) >= 11 is 0. The number of nitrogens with one attached hydrogen (secondary N) is 1. The third-order valence-corrected chi connectivity index (χ3v) is 25.3. The van der Waals surface area contributed by atoms with E-state index >= 15 is 0 Å². The number of anilines is 7. The Morgan fingerprint density at radius 3 is 1.16 bits per heavy atom. The number of hydrogen-bond acceptors (Lipinski definition) is 11. The average Bonchev–Trinajstić information content (AvgIpc) is 1.65. The molecule has 2 atom stereocenters. The highest BCUT2D eigenvalue weighted by Crippen LogP contribution is 2.44. The number of rotatable bonds is 18. The number of nitrogens with zero attached hydrogens (tertiary/aromatic N) is 9. The Balaban J connectivity index is 0.000000122. The zero-order valence-electron chi connectivity index (χ0n) is 76.6. The van der Waals surface area contributed by atoms with Gasteiger partial charge in [0, 0.05) is 104 Å². The molecule has 0 amide bonds. The number of aryl methyl sites for hydroxylation is 8. The molecule has 1 saturated heterocycles. The highest BCUT2D eigenvalue weighted by Gasteiger charge is 2.33. The van der Waals surface area contributed by atoms with E-state index < -0.39 is 0 Å². The van der Waals surface area contributed by atoms with Gasteiger partial charge >= 0.3 is 0 Å². The van der Waals surface area contributed by atoms with E-state index in [1.165, 1.54) is 146 Å². The van der Waals surface area contributed by atoms with Gasteiger partial charge in [0.2, 0.25) is 0 Å². The molecule has 1 aliphatic carbocycles. The lowest BCUT2D eigenvalue weighted by atomic mass is 9.93. The van der Waals surface area contributed by atoms with E-state index in [1.54, 1.807) is 0 Å². The third-order valence-electron chi connectivity index (χ3n) is 25.3. The molecule has 11 heteroatoms. The van der Waals surface area contributed by atoms with Gasteiger partial charge in [-0.3, -0.25) is 0 Å². The van der Waals surface area contributed by atoms with Crippen LogP contribution in [0.4, 0.5) is 39.8 Å². The summed E-state index contributed by atoms with van der Waals surface area (Å²) in [6, 6.07) is 106. The Morgan fingerprint density at radius 2 is 0.712 bits per heavy atom. The molecule has 1 N–H and O–H groups in total. The summed E-state index contributed by atoms with van der Waals surface area (Å²) in [5, 5.41) is 3.24. The highest BCUT2D eigenvalue weighted by molar-refractivity contribution is 5.86. The lowest BCUT2D eigenvalue weighted by molar-refractivity contribution is 0.269. The van der Waals surface area contributed by atoms with Crippen LogP contribution in [0.1, 0.15) is 128 Å². The SMILES string of the molecule is CC(CN(C)C)CN1c2ccccc2CCc2ccccc21.CN(C)CC/C=C1/c2ccccc2COc2ccccc21.CN(C)CCC=C1c2ccccc2CCc2ccccc21.CN(C)CCCN1c2ccccc2CCc2ccccc21.CN1CCN2c3ccccc3Cc3ccccc3C2C1.CNCCCN1c2ccccc2CCc2ccccc21. The molecule has 648 valence electrons. The Hall–Kier alpha value is -11.1. The maximum Gasteiger partial charge on any atom is 0.127 e. The number of para-hydroxylation sites is 8. The van der Waals surface area contributed by atoms with Gasteiger partial charge < -0.3 is 54.2 Å². The van der Waals surface area contributed by atoms with Crippen LogP contribution in [0.25, 0.3) is 11.1 Å². The van der Waals surface area contributed by atoms with E-state index in [1.807, 2.05) is 13.1 Å². The monoisotopic (exact) mass is 1660 g/mol. The number of hydrogen-bond donors (Lipinski definition) is 1. The first-order chi connectivity index (χ1) is 61.1. The fourth-order valence-corrected chi connectivity index (χ4v) is 19.2. The molecular formula is C114H136N10O. The maximum absolute atomic E-state index is 5.98. The number of benzene rings is 12. The van der Waals surface area contributed by atoms with E-state index in [4.69, 9.17) is 4.74 Å². The summed E-state index contributed by atoms with van der Waals surface area (Å²) in [6.45, 7) is 15.0. The lowest BCUT2D eigenvalue weighted by Gasteiger charge is -2.41. The predicted molar refractivity (Wildman–Crippen MR) is 533 cm³/mol. The van der Waals surface area contributed by atoms with Crippen LogP contribution in [-0.4, -0.2) is 167 Å². The second-order valence-electron chi connectivity index (χ2n) is 35.8. The van der Waals surface area contributed by atoms with Crippen molar-refractivity contribution >= 4 is 51.0 Å². The topological polar surface area (TPSA) is 50.4 Å². The molecule has 11 nitrogen and oxygen atoms in total. The predicted octanol–water partition coefficient (Wildman–Crippen LogP) is 22.7. The van der Waals surface area contributed by atoms with Gasteiger partial charge in [0.05, 0.1) is 6.04 Å². The van der Waals surface area contributed by atoms with Crippen molar-refractivity contribution in [3.8, 4) is 5.75 Å². The molecule has 0 saturated carbocycles. The van der Waals surface area contributed by atoms with Gasteiger partial charge in [-0.2, -0.15) is 0 Å². The van der Waals surface area contributed by atoms with Crippen LogP contribution in [0.5, 0.6) is 5.75 Å². The molecule has 1 fully saturated rings. The van der Waals surface area contributed by atoms with Gasteiger partial charge in [-0.15, -0.1) is 0 Å². The van der Waals surface area contributed by atoms with E-state index in [0.29, 0.717) is 18.6 Å². The molecular weight excluding hydrogens is 1530 g/mol. The van der Waals surface area contributed by atoms with Gasteiger partial charge in [-0.05, 0) is 316 Å². The van der Waals surface area contributed by atoms with Crippen molar-refractivity contribution in [2.24, 2.45) is 5.92 Å². The number of likely N-dealkylation sites (N-methyl/N-ethyl adjacent to an activating group) is 1. The molecule has 12 aromatic rings. The van der Waals surface area contributed by atoms with Crippen LogP contribution >= 0.6 is 0 Å². The summed E-state index contributed by atoms with van der Waals surface area (Å²) in [5.41, 5.74) is 35.3. The average molecular weight is 1660 g/mol. The third kappa shape index (κ3) is 23.7. The van der Waals surface area contributed by atoms with Gasteiger partial charge in [-0.1, -0.05) is 262 Å². The molecule has 6 heterocycles. The summed E-state index contributed by atoms with van der Waals surface area (Å²) in [6.07, 6.45) is 19.3. The first-order valence-electron chi connectivity index (χ1n) is 46.2. The molecule has 2 unspecified atom stereocenters. The normalized spacial score (nSPS) is 15.5. The second-order valence-corrected chi connectivity index (χ2v) is 35.8. The lowest BCUT2D eigenvalue weighted by Crippen LogP contribution is -2.46. The molecule has 6 aliphatic heterocycles. The van der Waals surface area contributed by atoms with Gasteiger partial charge in [0.25, 0.3) is 0 Å². The maximum atomic E-state index is 5.98. The number of fused-ring (bicyclic) bond motifs is 15. The molecule has 0 bridgehead atoms. The molecule has 7 aliphatic rings. The minimum absolute atomic E-state index is 0.494. The summed E-state index contributed by atoms with van der Waals surface area (Å²) in [4.78, 5) is 21.6. The largest absolute Gasteiger partial charge is 0.488 e. The minimum Gasteiger partial charge on any atom is -0.488 e. The van der Waals surface area contributed by atoms with E-state index in [9.17, 15) is 0 Å². The van der Waals surface area contributed by atoms with Crippen molar-refractivity contribution in [1.82, 2.24) is 29.8 Å². The first-order valence-corrected chi connectivity index (χ1v) is 46.2. The Morgan fingerprint density at radius 1 is 0.360 bits per heavy atom. The zero-order valence-corrected chi connectivity index (χ0v) is 76.6. The van der Waals surface area contributed by atoms with Crippen molar-refractivity contribution in [2.75, 3.05) is 162 Å².